The van der Waals surface area contributed by atoms with E-state index < -0.39 is 0 Å². The molecule has 0 amide bonds. The van der Waals surface area contributed by atoms with Crippen LogP contribution in [0.15, 0.2) is 18.2 Å². The molecule has 70 valence electrons. The van der Waals surface area contributed by atoms with Crippen molar-refractivity contribution in [3.05, 3.63) is 29.6 Å². The zero-order valence-electron chi connectivity index (χ0n) is 7.81. The lowest BCUT2D eigenvalue weighted by Crippen LogP contribution is -2.27. The van der Waals surface area contributed by atoms with E-state index in [-0.39, 0.29) is 5.82 Å². The normalized spacial score (nSPS) is 16.8. The molecule has 0 radical (unpaired) electrons. The van der Waals surface area contributed by atoms with E-state index >= 15 is 0 Å². The minimum absolute atomic E-state index is 0.132. The van der Waals surface area contributed by atoms with Gasteiger partial charge in [-0.1, -0.05) is 6.07 Å². The minimum Gasteiger partial charge on any atom is -0.380 e. The molecule has 2 rings (SSSR count). The van der Waals surface area contributed by atoms with Gasteiger partial charge in [0.2, 0.25) is 0 Å². The largest absolute Gasteiger partial charge is 0.380 e. The van der Waals surface area contributed by atoms with Gasteiger partial charge >= 0.3 is 0 Å². The van der Waals surface area contributed by atoms with Crippen molar-refractivity contribution in [2.24, 2.45) is 0 Å². The summed E-state index contributed by atoms with van der Waals surface area (Å²) in [7, 11) is 0. The van der Waals surface area contributed by atoms with Crippen LogP contribution in [0, 0.1) is 12.7 Å². The van der Waals surface area contributed by atoms with Crippen molar-refractivity contribution < 1.29 is 4.39 Å². The summed E-state index contributed by atoms with van der Waals surface area (Å²) in [6, 6.07) is 5.82. The van der Waals surface area contributed by atoms with Gasteiger partial charge in [0.1, 0.15) is 5.82 Å². The third-order valence-corrected chi connectivity index (χ3v) is 2.59. The maximum Gasteiger partial charge on any atom is 0.146 e. The molecule has 1 nitrogen and oxygen atoms in total. The molecule has 1 aromatic carbocycles. The van der Waals surface area contributed by atoms with Gasteiger partial charge in [-0.25, -0.2) is 4.39 Å². The van der Waals surface area contributed by atoms with Crippen LogP contribution in [0.2, 0.25) is 0 Å². The Balaban J connectivity index is 2.10. The Hall–Kier alpha value is -1.05. The number of nitrogens with one attached hydrogen (secondary N) is 1. The first-order valence-electron chi connectivity index (χ1n) is 4.78. The zero-order valence-corrected chi connectivity index (χ0v) is 7.81. The van der Waals surface area contributed by atoms with Crippen LogP contribution in [-0.4, -0.2) is 6.04 Å². The molecule has 0 bridgehead atoms. The molecule has 1 aliphatic carbocycles. The molecular formula is C11H14FN. The van der Waals surface area contributed by atoms with Gasteiger partial charge in [-0.05, 0) is 43.9 Å². The number of benzene rings is 1. The number of anilines is 1. The van der Waals surface area contributed by atoms with Gasteiger partial charge in [0.05, 0.1) is 5.69 Å². The summed E-state index contributed by atoms with van der Waals surface area (Å²) in [5, 5.41) is 3.20. The topological polar surface area (TPSA) is 12.0 Å². The van der Waals surface area contributed by atoms with Crippen molar-refractivity contribution >= 4 is 5.69 Å². The molecular weight excluding hydrogens is 165 g/mol. The van der Waals surface area contributed by atoms with Crippen LogP contribution in [0.1, 0.15) is 24.8 Å². The second-order valence-corrected chi connectivity index (χ2v) is 3.76. The van der Waals surface area contributed by atoms with Gasteiger partial charge in [0.15, 0.2) is 0 Å². The van der Waals surface area contributed by atoms with Gasteiger partial charge in [-0.15, -0.1) is 0 Å². The van der Waals surface area contributed by atoms with Gasteiger partial charge in [-0.2, -0.15) is 0 Å². The summed E-state index contributed by atoms with van der Waals surface area (Å²) in [6.07, 6.45) is 3.62. The lowest BCUT2D eigenvalue weighted by Gasteiger charge is -2.27. The molecule has 13 heavy (non-hydrogen) atoms. The first-order valence-corrected chi connectivity index (χ1v) is 4.78. The number of aryl methyl sites for hydroxylation is 1. The highest BCUT2D eigenvalue weighted by molar-refractivity contribution is 5.47. The summed E-state index contributed by atoms with van der Waals surface area (Å²) < 4.78 is 13.3. The van der Waals surface area contributed by atoms with Gasteiger partial charge in [0, 0.05) is 6.04 Å². The molecule has 0 atom stereocenters. The molecule has 1 aliphatic rings. The fourth-order valence-electron chi connectivity index (χ4n) is 1.51. The molecule has 1 fully saturated rings. The highest BCUT2D eigenvalue weighted by Gasteiger charge is 2.17. The number of rotatable bonds is 2. The molecule has 0 heterocycles. The maximum atomic E-state index is 13.3. The van der Waals surface area contributed by atoms with Crippen LogP contribution in [0.3, 0.4) is 0 Å². The standard InChI is InChI=1S/C11H14FN/c1-8-5-6-11(10(12)7-8)13-9-3-2-4-9/h5-7,9,13H,2-4H2,1H3. The Bertz CT molecular complexity index is 305. The summed E-state index contributed by atoms with van der Waals surface area (Å²) in [5.41, 5.74) is 1.62. The number of halogens is 1. The van der Waals surface area contributed by atoms with Crippen molar-refractivity contribution in [3.63, 3.8) is 0 Å². The van der Waals surface area contributed by atoms with E-state index in [0.717, 1.165) is 5.56 Å². The van der Waals surface area contributed by atoms with Crippen LogP contribution in [0.25, 0.3) is 0 Å². The van der Waals surface area contributed by atoms with Crippen LogP contribution >= 0.6 is 0 Å². The van der Waals surface area contributed by atoms with Crippen LogP contribution < -0.4 is 5.32 Å². The van der Waals surface area contributed by atoms with Crippen molar-refractivity contribution in [2.45, 2.75) is 32.2 Å². The molecule has 0 spiro atoms. The van der Waals surface area contributed by atoms with Crippen LogP contribution in [0.4, 0.5) is 10.1 Å². The smallest absolute Gasteiger partial charge is 0.146 e. The highest BCUT2D eigenvalue weighted by Crippen LogP contribution is 2.24. The van der Waals surface area contributed by atoms with Gasteiger partial charge in [-0.3, -0.25) is 0 Å². The first-order chi connectivity index (χ1) is 6.25. The van der Waals surface area contributed by atoms with E-state index in [9.17, 15) is 4.39 Å². The Kier molecular flexibility index (Phi) is 2.21. The van der Waals surface area contributed by atoms with E-state index in [1.807, 2.05) is 19.1 Å². The predicted molar refractivity (Wildman–Crippen MR) is 52.4 cm³/mol. The summed E-state index contributed by atoms with van der Waals surface area (Å²) in [6.45, 7) is 1.90. The van der Waals surface area contributed by atoms with Crippen molar-refractivity contribution in [3.8, 4) is 0 Å². The Morgan fingerprint density at radius 2 is 2.15 bits per heavy atom. The third-order valence-electron chi connectivity index (χ3n) is 2.59. The monoisotopic (exact) mass is 179 g/mol. The molecule has 1 saturated carbocycles. The molecule has 1 N–H and O–H groups in total. The molecule has 1 aromatic rings. The van der Waals surface area contributed by atoms with E-state index in [1.54, 1.807) is 6.07 Å². The van der Waals surface area contributed by atoms with E-state index in [2.05, 4.69) is 5.32 Å². The lowest BCUT2D eigenvalue weighted by molar-refractivity contribution is 0.443. The van der Waals surface area contributed by atoms with E-state index in [1.165, 1.54) is 19.3 Å². The van der Waals surface area contributed by atoms with Crippen LogP contribution in [0.5, 0.6) is 0 Å². The van der Waals surface area contributed by atoms with Gasteiger partial charge in [0.25, 0.3) is 0 Å². The average molecular weight is 179 g/mol. The lowest BCUT2D eigenvalue weighted by atomic mass is 9.93. The number of hydrogen-bond donors (Lipinski definition) is 1. The maximum absolute atomic E-state index is 13.3. The predicted octanol–water partition coefficient (Wildman–Crippen LogP) is 3.10. The zero-order chi connectivity index (χ0) is 9.26. The Labute approximate surface area is 78.0 Å². The van der Waals surface area contributed by atoms with Crippen LogP contribution in [-0.2, 0) is 0 Å². The average Bonchev–Trinajstić information content (AvgIpc) is 1.99. The molecule has 0 aliphatic heterocycles. The molecule has 2 heteroatoms. The summed E-state index contributed by atoms with van der Waals surface area (Å²) >= 11 is 0. The molecule has 0 saturated heterocycles. The highest BCUT2D eigenvalue weighted by atomic mass is 19.1. The second-order valence-electron chi connectivity index (χ2n) is 3.76. The quantitative estimate of drug-likeness (QED) is 0.735. The van der Waals surface area contributed by atoms with E-state index in [0.29, 0.717) is 11.7 Å². The van der Waals surface area contributed by atoms with E-state index in [4.69, 9.17) is 0 Å². The van der Waals surface area contributed by atoms with Crippen molar-refractivity contribution in [1.29, 1.82) is 0 Å². The summed E-state index contributed by atoms with van der Waals surface area (Å²) in [5.74, 6) is -0.132. The number of hydrogen-bond acceptors (Lipinski definition) is 1. The molecule has 0 aromatic heterocycles. The van der Waals surface area contributed by atoms with Gasteiger partial charge < -0.3 is 5.32 Å². The summed E-state index contributed by atoms with van der Waals surface area (Å²) in [4.78, 5) is 0. The SMILES string of the molecule is Cc1ccc(NC2CCC2)c(F)c1. The van der Waals surface area contributed by atoms with Crippen molar-refractivity contribution in [2.75, 3.05) is 5.32 Å². The fraction of sp³-hybridized carbons (Fsp3) is 0.455. The fourth-order valence-corrected chi connectivity index (χ4v) is 1.51. The Morgan fingerprint density at radius 1 is 1.38 bits per heavy atom. The molecule has 0 unspecified atom stereocenters. The second kappa shape index (κ2) is 3.36. The third kappa shape index (κ3) is 1.82. The van der Waals surface area contributed by atoms with Crippen molar-refractivity contribution in [1.82, 2.24) is 0 Å². The first kappa shape index (κ1) is 8.54. The Morgan fingerprint density at radius 3 is 2.69 bits per heavy atom. The minimum atomic E-state index is -0.132.